The van der Waals surface area contributed by atoms with E-state index in [2.05, 4.69) is 31.0 Å². The summed E-state index contributed by atoms with van der Waals surface area (Å²) >= 11 is 3.19. The van der Waals surface area contributed by atoms with Crippen molar-refractivity contribution in [3.05, 3.63) is 28.5 Å². The Labute approximate surface area is 142 Å². The Balaban J connectivity index is 2.58. The molecule has 0 spiro atoms. The highest BCUT2D eigenvalue weighted by Gasteiger charge is 2.27. The highest BCUT2D eigenvalue weighted by Crippen LogP contribution is 2.11. The quantitative estimate of drug-likeness (QED) is 0.716. The lowest BCUT2D eigenvalue weighted by atomic mass is 9.99. The number of aromatic nitrogens is 1. The molecule has 0 aliphatic carbocycles. The zero-order valence-electron chi connectivity index (χ0n) is 13.2. The van der Waals surface area contributed by atoms with Gasteiger partial charge in [-0.25, -0.2) is 9.59 Å². The summed E-state index contributed by atoms with van der Waals surface area (Å²) in [7, 11) is 1.25. The van der Waals surface area contributed by atoms with Crippen molar-refractivity contribution in [2.45, 2.75) is 26.3 Å². The lowest BCUT2D eigenvalue weighted by molar-refractivity contribution is -0.147. The second-order valence-electron chi connectivity index (χ2n) is 4.92. The van der Waals surface area contributed by atoms with Crippen LogP contribution in [-0.4, -0.2) is 42.6 Å². The highest BCUT2D eigenvalue weighted by atomic mass is 79.9. The predicted octanol–water partition coefficient (Wildman–Crippen LogP) is 1.70. The first-order valence-corrected chi connectivity index (χ1v) is 7.83. The molecule has 2 atom stereocenters. The Bertz CT molecular complexity index is 579. The lowest BCUT2D eigenvalue weighted by Gasteiger charge is -2.21. The van der Waals surface area contributed by atoms with Gasteiger partial charge in [0.15, 0.2) is 6.61 Å². The molecule has 1 N–H and O–H groups in total. The first-order valence-electron chi connectivity index (χ1n) is 7.03. The number of esters is 2. The molecule has 2 unspecified atom stereocenters. The predicted molar refractivity (Wildman–Crippen MR) is 85.6 cm³/mol. The summed E-state index contributed by atoms with van der Waals surface area (Å²) in [5, 5.41) is 2.52. The van der Waals surface area contributed by atoms with Crippen molar-refractivity contribution >= 4 is 33.8 Å². The zero-order valence-corrected chi connectivity index (χ0v) is 14.8. The summed E-state index contributed by atoms with van der Waals surface area (Å²) in [5.41, 5.74) is 0.221. The third-order valence-corrected chi connectivity index (χ3v) is 3.69. The maximum Gasteiger partial charge on any atom is 0.340 e. The Kier molecular flexibility index (Phi) is 7.67. The molecule has 0 radical (unpaired) electrons. The average molecular weight is 387 g/mol. The maximum atomic E-state index is 11.9. The van der Waals surface area contributed by atoms with Crippen LogP contribution in [0.4, 0.5) is 0 Å². The summed E-state index contributed by atoms with van der Waals surface area (Å²) in [6.07, 6.45) is 3.54. The summed E-state index contributed by atoms with van der Waals surface area (Å²) < 4.78 is 10.2. The van der Waals surface area contributed by atoms with Gasteiger partial charge in [-0.2, -0.15) is 0 Å². The van der Waals surface area contributed by atoms with Gasteiger partial charge in [-0.1, -0.05) is 20.3 Å². The molecule has 1 aromatic heterocycles. The van der Waals surface area contributed by atoms with Crippen LogP contribution in [0, 0.1) is 5.92 Å². The Morgan fingerprint density at radius 3 is 2.61 bits per heavy atom. The van der Waals surface area contributed by atoms with Gasteiger partial charge in [-0.3, -0.25) is 9.78 Å². The standard InChI is InChI=1S/C15H19BrN2O5/c1-4-9(2)13(15(21)22-3)18-12(19)8-23-14(20)10-5-11(16)7-17-6-10/h5-7,9,13H,4,8H2,1-3H3,(H,18,19). The number of nitrogens with one attached hydrogen (secondary N) is 1. The Morgan fingerprint density at radius 2 is 2.04 bits per heavy atom. The first-order chi connectivity index (χ1) is 10.9. The number of nitrogens with zero attached hydrogens (tertiary/aromatic N) is 1. The van der Waals surface area contributed by atoms with Gasteiger partial charge in [0.1, 0.15) is 6.04 Å². The number of hydrogen-bond acceptors (Lipinski definition) is 6. The highest BCUT2D eigenvalue weighted by molar-refractivity contribution is 9.10. The van der Waals surface area contributed by atoms with Crippen molar-refractivity contribution in [1.29, 1.82) is 0 Å². The fourth-order valence-corrected chi connectivity index (χ4v) is 2.11. The van der Waals surface area contributed by atoms with Crippen LogP contribution in [0.25, 0.3) is 0 Å². The van der Waals surface area contributed by atoms with Crippen molar-refractivity contribution in [3.63, 3.8) is 0 Å². The van der Waals surface area contributed by atoms with Crippen LogP contribution >= 0.6 is 15.9 Å². The molecular formula is C15H19BrN2O5. The zero-order chi connectivity index (χ0) is 17.4. The molecule has 0 aromatic carbocycles. The monoisotopic (exact) mass is 386 g/mol. The summed E-state index contributed by atoms with van der Waals surface area (Å²) in [6, 6.07) is 0.757. The van der Waals surface area contributed by atoms with E-state index >= 15 is 0 Å². The molecule has 0 saturated heterocycles. The van der Waals surface area contributed by atoms with Crippen LogP contribution in [0.15, 0.2) is 22.9 Å². The van der Waals surface area contributed by atoms with Gasteiger partial charge in [-0.15, -0.1) is 0 Å². The molecule has 0 saturated carbocycles. The van der Waals surface area contributed by atoms with Crippen LogP contribution in [-0.2, 0) is 19.1 Å². The number of hydrogen-bond donors (Lipinski definition) is 1. The molecule has 0 fully saturated rings. The summed E-state index contributed by atoms with van der Waals surface area (Å²) in [5.74, 6) is -1.88. The summed E-state index contributed by atoms with van der Waals surface area (Å²) in [4.78, 5) is 39.2. The smallest absolute Gasteiger partial charge is 0.340 e. The van der Waals surface area contributed by atoms with E-state index in [1.165, 1.54) is 25.6 Å². The number of carbonyl (C=O) groups is 3. The third-order valence-electron chi connectivity index (χ3n) is 3.26. The summed E-state index contributed by atoms with van der Waals surface area (Å²) in [6.45, 7) is 3.23. The van der Waals surface area contributed by atoms with E-state index < -0.39 is 30.5 Å². The molecule has 1 rings (SSSR count). The van der Waals surface area contributed by atoms with Gasteiger partial charge >= 0.3 is 11.9 Å². The lowest BCUT2D eigenvalue weighted by Crippen LogP contribution is -2.47. The van der Waals surface area contributed by atoms with Gasteiger partial charge < -0.3 is 14.8 Å². The van der Waals surface area contributed by atoms with Crippen molar-refractivity contribution in [3.8, 4) is 0 Å². The molecule has 0 bridgehead atoms. The van der Waals surface area contributed by atoms with Crippen molar-refractivity contribution in [2.75, 3.05) is 13.7 Å². The van der Waals surface area contributed by atoms with Crippen molar-refractivity contribution in [2.24, 2.45) is 5.92 Å². The van der Waals surface area contributed by atoms with Gasteiger partial charge in [0.05, 0.1) is 12.7 Å². The molecule has 0 aliphatic rings. The van der Waals surface area contributed by atoms with E-state index in [0.717, 1.165) is 0 Å². The number of halogens is 1. The van der Waals surface area contributed by atoms with Gasteiger partial charge in [0, 0.05) is 16.9 Å². The van der Waals surface area contributed by atoms with Crippen LogP contribution in [0.3, 0.4) is 0 Å². The van der Waals surface area contributed by atoms with Crippen LogP contribution < -0.4 is 5.32 Å². The molecule has 1 aromatic rings. The fourth-order valence-electron chi connectivity index (χ4n) is 1.75. The third kappa shape index (κ3) is 5.97. The van der Waals surface area contributed by atoms with E-state index in [1.54, 1.807) is 0 Å². The molecule has 1 heterocycles. The largest absolute Gasteiger partial charge is 0.467 e. The average Bonchev–Trinajstić information content (AvgIpc) is 2.56. The van der Waals surface area contributed by atoms with Crippen molar-refractivity contribution in [1.82, 2.24) is 10.3 Å². The van der Waals surface area contributed by atoms with Crippen LogP contribution in [0.5, 0.6) is 0 Å². The normalized spacial score (nSPS) is 12.9. The van der Waals surface area contributed by atoms with E-state index in [-0.39, 0.29) is 11.5 Å². The van der Waals surface area contributed by atoms with E-state index in [9.17, 15) is 14.4 Å². The van der Waals surface area contributed by atoms with Gasteiger partial charge in [0.2, 0.25) is 0 Å². The molecular weight excluding hydrogens is 368 g/mol. The van der Waals surface area contributed by atoms with Gasteiger partial charge in [-0.05, 0) is 27.9 Å². The second-order valence-corrected chi connectivity index (χ2v) is 5.84. The number of ether oxygens (including phenoxy) is 2. The Hall–Kier alpha value is -1.96. The molecule has 0 aliphatic heterocycles. The van der Waals surface area contributed by atoms with E-state index in [4.69, 9.17) is 4.74 Å². The minimum absolute atomic E-state index is 0.101. The number of methoxy groups -OCH3 is 1. The molecule has 7 nitrogen and oxygen atoms in total. The van der Waals surface area contributed by atoms with E-state index in [1.807, 2.05) is 13.8 Å². The number of pyridine rings is 1. The first kappa shape index (κ1) is 19.1. The molecule has 126 valence electrons. The molecule has 8 heteroatoms. The Morgan fingerprint density at radius 1 is 1.35 bits per heavy atom. The molecule has 1 amide bonds. The van der Waals surface area contributed by atoms with Crippen LogP contribution in [0.2, 0.25) is 0 Å². The second kappa shape index (κ2) is 9.24. The van der Waals surface area contributed by atoms with E-state index in [0.29, 0.717) is 10.9 Å². The van der Waals surface area contributed by atoms with Crippen LogP contribution in [0.1, 0.15) is 30.6 Å². The topological polar surface area (TPSA) is 94.6 Å². The number of amides is 1. The van der Waals surface area contributed by atoms with Crippen molar-refractivity contribution < 1.29 is 23.9 Å². The fraction of sp³-hybridized carbons (Fsp3) is 0.467. The minimum Gasteiger partial charge on any atom is -0.467 e. The molecule has 23 heavy (non-hydrogen) atoms. The number of carbonyl (C=O) groups excluding carboxylic acids is 3. The maximum absolute atomic E-state index is 11.9. The minimum atomic E-state index is -0.774. The number of rotatable bonds is 7. The van der Waals surface area contributed by atoms with Gasteiger partial charge in [0.25, 0.3) is 5.91 Å². The SMILES string of the molecule is CCC(C)C(NC(=O)COC(=O)c1cncc(Br)c1)C(=O)OC.